The van der Waals surface area contributed by atoms with Crippen molar-refractivity contribution < 1.29 is 4.74 Å². The van der Waals surface area contributed by atoms with E-state index < -0.39 is 0 Å². The molecule has 94 valence electrons. The molecule has 0 radical (unpaired) electrons. The van der Waals surface area contributed by atoms with Crippen molar-refractivity contribution >= 4 is 5.82 Å². The Labute approximate surface area is 103 Å². The number of anilines is 1. The lowest BCUT2D eigenvalue weighted by atomic mass is 9.98. The Hall–Kier alpha value is -1.13. The van der Waals surface area contributed by atoms with E-state index >= 15 is 0 Å². The highest BCUT2D eigenvalue weighted by atomic mass is 16.5. The molecule has 0 aromatic carbocycles. The summed E-state index contributed by atoms with van der Waals surface area (Å²) in [7, 11) is 1.78. The van der Waals surface area contributed by atoms with Gasteiger partial charge in [0.2, 0.25) is 0 Å². The summed E-state index contributed by atoms with van der Waals surface area (Å²) < 4.78 is 5.24. The molecule has 0 spiro atoms. The molecule has 2 heterocycles. The molecule has 0 saturated carbocycles. The Balaban J connectivity index is 1.92. The van der Waals surface area contributed by atoms with E-state index in [9.17, 15) is 0 Å². The first-order valence-electron chi connectivity index (χ1n) is 6.20. The van der Waals surface area contributed by atoms with Gasteiger partial charge in [-0.2, -0.15) is 0 Å². The largest absolute Gasteiger partial charge is 0.384 e. The van der Waals surface area contributed by atoms with Gasteiger partial charge in [0.25, 0.3) is 0 Å². The molecule has 1 aromatic rings. The van der Waals surface area contributed by atoms with Gasteiger partial charge in [0, 0.05) is 32.0 Å². The summed E-state index contributed by atoms with van der Waals surface area (Å²) in [6.45, 7) is 4.01. The molecule has 1 aliphatic heterocycles. The van der Waals surface area contributed by atoms with Crippen molar-refractivity contribution in [2.75, 3.05) is 32.5 Å². The average Bonchev–Trinajstić information content (AvgIpc) is 2.33. The van der Waals surface area contributed by atoms with Crippen LogP contribution in [0.3, 0.4) is 0 Å². The Bertz CT molecular complexity index is 354. The smallest absolute Gasteiger partial charge is 0.127 e. The van der Waals surface area contributed by atoms with Crippen molar-refractivity contribution in [2.24, 2.45) is 5.92 Å². The molecule has 4 nitrogen and oxygen atoms in total. The fourth-order valence-corrected chi connectivity index (χ4v) is 2.49. The zero-order valence-corrected chi connectivity index (χ0v) is 10.4. The van der Waals surface area contributed by atoms with Crippen LogP contribution in [0.15, 0.2) is 18.3 Å². The van der Waals surface area contributed by atoms with Gasteiger partial charge in [0.1, 0.15) is 5.82 Å². The van der Waals surface area contributed by atoms with E-state index in [-0.39, 0.29) is 0 Å². The number of aromatic nitrogens is 1. The van der Waals surface area contributed by atoms with Crippen LogP contribution in [-0.2, 0) is 11.3 Å². The third-order valence-electron chi connectivity index (χ3n) is 3.33. The first-order valence-corrected chi connectivity index (χ1v) is 6.20. The summed E-state index contributed by atoms with van der Waals surface area (Å²) in [5.74, 6) is 1.31. The summed E-state index contributed by atoms with van der Waals surface area (Å²) in [6, 6.07) is 4.00. The van der Waals surface area contributed by atoms with Gasteiger partial charge in [-0.25, -0.2) is 4.98 Å². The van der Waals surface area contributed by atoms with E-state index in [1.54, 1.807) is 13.3 Å². The number of nitrogens with two attached hydrogens (primary N) is 1. The predicted molar refractivity (Wildman–Crippen MR) is 68.5 cm³/mol. The second kappa shape index (κ2) is 5.98. The number of nitrogen functional groups attached to an aromatic ring is 1. The van der Waals surface area contributed by atoms with E-state index in [0.717, 1.165) is 31.8 Å². The lowest BCUT2D eigenvalue weighted by molar-refractivity contribution is 0.0874. The molecule has 0 bridgehead atoms. The van der Waals surface area contributed by atoms with Crippen LogP contribution in [0, 0.1) is 5.92 Å². The zero-order valence-electron chi connectivity index (χ0n) is 10.4. The second-order valence-electron chi connectivity index (χ2n) is 4.75. The molecule has 1 saturated heterocycles. The molecular formula is C13H21N3O. The molecule has 1 unspecified atom stereocenters. The van der Waals surface area contributed by atoms with Gasteiger partial charge in [-0.05, 0) is 31.4 Å². The van der Waals surface area contributed by atoms with Crippen molar-refractivity contribution in [3.8, 4) is 0 Å². The van der Waals surface area contributed by atoms with Crippen LogP contribution >= 0.6 is 0 Å². The summed E-state index contributed by atoms with van der Waals surface area (Å²) >= 11 is 0. The minimum Gasteiger partial charge on any atom is -0.384 e. The highest BCUT2D eigenvalue weighted by Crippen LogP contribution is 2.20. The Morgan fingerprint density at radius 2 is 2.47 bits per heavy atom. The van der Waals surface area contributed by atoms with Crippen LogP contribution < -0.4 is 5.73 Å². The summed E-state index contributed by atoms with van der Waals surface area (Å²) in [5, 5.41) is 0. The number of piperidine rings is 1. The number of ether oxygens (including phenoxy) is 1. The minimum absolute atomic E-state index is 0.654. The monoisotopic (exact) mass is 235 g/mol. The average molecular weight is 235 g/mol. The lowest BCUT2D eigenvalue weighted by Crippen LogP contribution is -2.36. The van der Waals surface area contributed by atoms with Crippen molar-refractivity contribution in [2.45, 2.75) is 19.4 Å². The summed E-state index contributed by atoms with van der Waals surface area (Å²) in [6.07, 6.45) is 4.25. The highest BCUT2D eigenvalue weighted by molar-refractivity contribution is 5.38. The molecule has 0 amide bonds. The van der Waals surface area contributed by atoms with Crippen molar-refractivity contribution in [3.05, 3.63) is 23.9 Å². The molecule has 2 rings (SSSR count). The SMILES string of the molecule is COCC1CCCN(Cc2cccnc2N)C1. The van der Waals surface area contributed by atoms with Gasteiger partial charge in [-0.15, -0.1) is 0 Å². The lowest BCUT2D eigenvalue weighted by Gasteiger charge is -2.32. The van der Waals surface area contributed by atoms with Gasteiger partial charge >= 0.3 is 0 Å². The third kappa shape index (κ3) is 3.41. The number of nitrogens with zero attached hydrogens (tertiary/aromatic N) is 2. The van der Waals surface area contributed by atoms with Gasteiger partial charge in [0.15, 0.2) is 0 Å². The number of hydrogen-bond acceptors (Lipinski definition) is 4. The molecule has 4 heteroatoms. The van der Waals surface area contributed by atoms with Crippen LogP contribution in [0.25, 0.3) is 0 Å². The topological polar surface area (TPSA) is 51.4 Å². The van der Waals surface area contributed by atoms with E-state index in [2.05, 4.69) is 16.0 Å². The van der Waals surface area contributed by atoms with Gasteiger partial charge < -0.3 is 10.5 Å². The summed E-state index contributed by atoms with van der Waals surface area (Å²) in [5.41, 5.74) is 7.00. The van der Waals surface area contributed by atoms with E-state index in [1.807, 2.05) is 6.07 Å². The quantitative estimate of drug-likeness (QED) is 0.859. The fourth-order valence-electron chi connectivity index (χ4n) is 2.49. The number of pyridine rings is 1. The van der Waals surface area contributed by atoms with Crippen LogP contribution in [0.4, 0.5) is 5.82 Å². The van der Waals surface area contributed by atoms with E-state index in [4.69, 9.17) is 10.5 Å². The highest BCUT2D eigenvalue weighted by Gasteiger charge is 2.20. The number of rotatable bonds is 4. The maximum atomic E-state index is 5.87. The maximum absolute atomic E-state index is 5.87. The predicted octanol–water partition coefficient (Wildman–Crippen LogP) is 1.52. The zero-order chi connectivity index (χ0) is 12.1. The molecule has 1 aromatic heterocycles. The molecule has 0 aliphatic carbocycles. The number of methoxy groups -OCH3 is 1. The molecule has 17 heavy (non-hydrogen) atoms. The third-order valence-corrected chi connectivity index (χ3v) is 3.33. The van der Waals surface area contributed by atoms with E-state index in [0.29, 0.717) is 11.7 Å². The Morgan fingerprint density at radius 1 is 1.59 bits per heavy atom. The standard InChI is InChI=1S/C13H21N3O/c1-17-10-11-4-3-7-16(8-11)9-12-5-2-6-15-13(12)14/h2,5-6,11H,3-4,7-10H2,1H3,(H2,14,15). The van der Waals surface area contributed by atoms with Crippen LogP contribution in [0.2, 0.25) is 0 Å². The second-order valence-corrected chi connectivity index (χ2v) is 4.75. The van der Waals surface area contributed by atoms with Crippen LogP contribution in [0.5, 0.6) is 0 Å². The number of likely N-dealkylation sites (tertiary alicyclic amines) is 1. The molecule has 1 aliphatic rings. The van der Waals surface area contributed by atoms with Crippen molar-refractivity contribution in [3.63, 3.8) is 0 Å². The first-order chi connectivity index (χ1) is 8.29. The fraction of sp³-hybridized carbons (Fsp3) is 0.615. The maximum Gasteiger partial charge on any atom is 0.127 e. The Kier molecular flexibility index (Phi) is 4.34. The summed E-state index contributed by atoms with van der Waals surface area (Å²) in [4.78, 5) is 6.57. The van der Waals surface area contributed by atoms with Gasteiger partial charge in [-0.3, -0.25) is 4.90 Å². The van der Waals surface area contributed by atoms with Crippen molar-refractivity contribution in [1.29, 1.82) is 0 Å². The molecule has 1 fully saturated rings. The van der Waals surface area contributed by atoms with Gasteiger partial charge in [-0.1, -0.05) is 6.07 Å². The van der Waals surface area contributed by atoms with Crippen LogP contribution in [0.1, 0.15) is 18.4 Å². The van der Waals surface area contributed by atoms with Crippen molar-refractivity contribution in [1.82, 2.24) is 9.88 Å². The number of hydrogen-bond donors (Lipinski definition) is 1. The normalized spacial score (nSPS) is 21.6. The molecule has 2 N–H and O–H groups in total. The van der Waals surface area contributed by atoms with E-state index in [1.165, 1.54) is 12.8 Å². The minimum atomic E-state index is 0.654. The molecular weight excluding hydrogens is 214 g/mol. The Morgan fingerprint density at radius 3 is 3.24 bits per heavy atom. The first kappa shape index (κ1) is 12.3. The molecule has 1 atom stereocenters. The van der Waals surface area contributed by atoms with Gasteiger partial charge in [0.05, 0.1) is 6.61 Å². The van der Waals surface area contributed by atoms with Crippen LogP contribution in [-0.4, -0.2) is 36.7 Å².